The summed E-state index contributed by atoms with van der Waals surface area (Å²) in [4.78, 5) is 16.8. The second-order valence-corrected chi connectivity index (χ2v) is 6.31. The lowest BCUT2D eigenvalue weighted by Crippen LogP contribution is -2.13. The first-order valence-corrected chi connectivity index (χ1v) is 9.79. The third-order valence-electron chi connectivity index (χ3n) is 4.22. The summed E-state index contributed by atoms with van der Waals surface area (Å²) >= 11 is 0. The molecule has 8 nitrogen and oxygen atoms in total. The van der Waals surface area contributed by atoms with E-state index in [-0.39, 0.29) is 12.3 Å². The molecule has 0 aliphatic rings. The molecule has 0 radical (unpaired) electrons. The zero-order chi connectivity index (χ0) is 21.3. The number of aromatic nitrogens is 2. The SMILES string of the molecule is CCOc1ccc(OCC)c(NC(=O)CCc2nc(-c3ccc(OC)cc3)no2)c1. The molecule has 1 amide bonds. The number of ether oxygens (including phenoxy) is 3. The number of hydrogen-bond donors (Lipinski definition) is 1. The highest BCUT2D eigenvalue weighted by Gasteiger charge is 2.13. The van der Waals surface area contributed by atoms with Crippen LogP contribution in [0.2, 0.25) is 0 Å². The topological polar surface area (TPSA) is 95.7 Å². The molecular formula is C22H25N3O5. The number of hydrogen-bond acceptors (Lipinski definition) is 7. The van der Waals surface area contributed by atoms with Gasteiger partial charge in [0.25, 0.3) is 0 Å². The van der Waals surface area contributed by atoms with Crippen molar-refractivity contribution in [2.24, 2.45) is 0 Å². The van der Waals surface area contributed by atoms with Gasteiger partial charge in [-0.2, -0.15) is 4.98 Å². The van der Waals surface area contributed by atoms with E-state index < -0.39 is 0 Å². The number of carbonyl (C=O) groups is 1. The van der Waals surface area contributed by atoms with Crippen molar-refractivity contribution in [3.05, 3.63) is 48.4 Å². The Labute approximate surface area is 175 Å². The van der Waals surface area contributed by atoms with Crippen molar-refractivity contribution in [3.63, 3.8) is 0 Å². The molecule has 0 saturated carbocycles. The normalized spacial score (nSPS) is 10.5. The van der Waals surface area contributed by atoms with Crippen molar-refractivity contribution in [1.82, 2.24) is 10.1 Å². The van der Waals surface area contributed by atoms with Crippen LogP contribution in [0.3, 0.4) is 0 Å². The molecule has 2 aromatic carbocycles. The number of amides is 1. The monoisotopic (exact) mass is 411 g/mol. The summed E-state index contributed by atoms with van der Waals surface area (Å²) < 4.78 is 21.5. The minimum Gasteiger partial charge on any atom is -0.497 e. The van der Waals surface area contributed by atoms with E-state index in [1.807, 2.05) is 44.2 Å². The lowest BCUT2D eigenvalue weighted by Gasteiger charge is -2.13. The maximum Gasteiger partial charge on any atom is 0.227 e. The van der Waals surface area contributed by atoms with E-state index in [2.05, 4.69) is 15.5 Å². The van der Waals surface area contributed by atoms with Crippen LogP contribution in [0.5, 0.6) is 17.2 Å². The van der Waals surface area contributed by atoms with Crippen LogP contribution in [0, 0.1) is 0 Å². The van der Waals surface area contributed by atoms with Gasteiger partial charge in [0.15, 0.2) is 0 Å². The highest BCUT2D eigenvalue weighted by atomic mass is 16.5. The highest BCUT2D eigenvalue weighted by molar-refractivity contribution is 5.92. The largest absolute Gasteiger partial charge is 0.497 e. The highest BCUT2D eigenvalue weighted by Crippen LogP contribution is 2.29. The van der Waals surface area contributed by atoms with Crippen molar-refractivity contribution in [2.75, 3.05) is 25.6 Å². The number of methoxy groups -OCH3 is 1. The fourth-order valence-electron chi connectivity index (χ4n) is 2.79. The van der Waals surface area contributed by atoms with Gasteiger partial charge < -0.3 is 24.1 Å². The van der Waals surface area contributed by atoms with Gasteiger partial charge in [-0.05, 0) is 50.2 Å². The molecule has 8 heteroatoms. The number of aryl methyl sites for hydroxylation is 1. The molecule has 0 fully saturated rings. The minimum absolute atomic E-state index is 0.186. The Kier molecular flexibility index (Phi) is 7.26. The second-order valence-electron chi connectivity index (χ2n) is 6.31. The molecular weight excluding hydrogens is 386 g/mol. The molecule has 0 aliphatic carbocycles. The molecule has 1 aromatic heterocycles. The molecule has 0 atom stereocenters. The number of anilines is 1. The zero-order valence-corrected chi connectivity index (χ0v) is 17.3. The molecule has 158 valence electrons. The summed E-state index contributed by atoms with van der Waals surface area (Å²) in [6.07, 6.45) is 0.513. The van der Waals surface area contributed by atoms with E-state index >= 15 is 0 Å². The Bertz CT molecular complexity index is 969. The fraction of sp³-hybridized carbons (Fsp3) is 0.318. The molecule has 0 unspecified atom stereocenters. The molecule has 0 bridgehead atoms. The smallest absolute Gasteiger partial charge is 0.227 e. The van der Waals surface area contributed by atoms with Crippen molar-refractivity contribution in [2.45, 2.75) is 26.7 Å². The number of rotatable bonds is 10. The summed E-state index contributed by atoms with van der Waals surface area (Å²) in [5.74, 6) is 2.68. The van der Waals surface area contributed by atoms with Gasteiger partial charge >= 0.3 is 0 Å². The average molecular weight is 411 g/mol. The predicted octanol–water partition coefficient (Wildman–Crippen LogP) is 4.11. The van der Waals surface area contributed by atoms with E-state index in [1.165, 1.54) is 0 Å². The van der Waals surface area contributed by atoms with Crippen LogP contribution in [0.1, 0.15) is 26.2 Å². The van der Waals surface area contributed by atoms with Crippen molar-refractivity contribution in [1.29, 1.82) is 0 Å². The van der Waals surface area contributed by atoms with Crippen LogP contribution in [0.25, 0.3) is 11.4 Å². The van der Waals surface area contributed by atoms with Gasteiger partial charge in [0.1, 0.15) is 17.2 Å². The van der Waals surface area contributed by atoms with Crippen LogP contribution in [0.15, 0.2) is 47.0 Å². The predicted molar refractivity (Wildman–Crippen MR) is 112 cm³/mol. The van der Waals surface area contributed by atoms with Crippen LogP contribution < -0.4 is 19.5 Å². The lowest BCUT2D eigenvalue weighted by molar-refractivity contribution is -0.116. The van der Waals surface area contributed by atoms with Crippen LogP contribution in [-0.4, -0.2) is 36.4 Å². The van der Waals surface area contributed by atoms with Gasteiger partial charge in [0.2, 0.25) is 17.6 Å². The Morgan fingerprint density at radius 2 is 1.77 bits per heavy atom. The third kappa shape index (κ3) is 5.50. The van der Waals surface area contributed by atoms with E-state index in [0.29, 0.717) is 48.5 Å². The lowest BCUT2D eigenvalue weighted by atomic mass is 10.2. The molecule has 30 heavy (non-hydrogen) atoms. The summed E-state index contributed by atoms with van der Waals surface area (Å²) in [5, 5.41) is 6.85. The van der Waals surface area contributed by atoms with E-state index in [4.69, 9.17) is 18.7 Å². The maximum atomic E-state index is 12.4. The maximum absolute atomic E-state index is 12.4. The van der Waals surface area contributed by atoms with Gasteiger partial charge in [-0.25, -0.2) is 0 Å². The first-order chi connectivity index (χ1) is 14.6. The van der Waals surface area contributed by atoms with Crippen molar-refractivity contribution < 1.29 is 23.5 Å². The van der Waals surface area contributed by atoms with Crippen molar-refractivity contribution in [3.8, 4) is 28.6 Å². The molecule has 3 rings (SSSR count). The summed E-state index contributed by atoms with van der Waals surface area (Å²) in [6, 6.07) is 12.7. The number of benzene rings is 2. The van der Waals surface area contributed by atoms with E-state index in [1.54, 1.807) is 19.2 Å². The van der Waals surface area contributed by atoms with E-state index in [9.17, 15) is 4.79 Å². The van der Waals surface area contributed by atoms with Gasteiger partial charge in [-0.15, -0.1) is 0 Å². The van der Waals surface area contributed by atoms with Gasteiger partial charge in [-0.3, -0.25) is 4.79 Å². The second kappa shape index (κ2) is 10.3. The Balaban J connectivity index is 1.61. The molecule has 3 aromatic rings. The number of carbonyl (C=O) groups excluding carboxylic acids is 1. The number of nitrogens with zero attached hydrogens (tertiary/aromatic N) is 2. The van der Waals surface area contributed by atoms with Gasteiger partial charge in [0, 0.05) is 24.5 Å². The first kappa shape index (κ1) is 21.2. The quantitative estimate of drug-likeness (QED) is 0.536. The Hall–Kier alpha value is -3.55. The molecule has 0 spiro atoms. The van der Waals surface area contributed by atoms with Crippen LogP contribution >= 0.6 is 0 Å². The van der Waals surface area contributed by atoms with E-state index in [0.717, 1.165) is 11.3 Å². The first-order valence-electron chi connectivity index (χ1n) is 9.79. The summed E-state index contributed by atoms with van der Waals surface area (Å²) in [7, 11) is 1.61. The minimum atomic E-state index is -0.186. The summed E-state index contributed by atoms with van der Waals surface area (Å²) in [6.45, 7) is 4.82. The van der Waals surface area contributed by atoms with Gasteiger partial charge in [-0.1, -0.05) is 5.16 Å². The van der Waals surface area contributed by atoms with Crippen LogP contribution in [0.4, 0.5) is 5.69 Å². The molecule has 0 aliphatic heterocycles. The average Bonchev–Trinajstić information content (AvgIpc) is 3.24. The molecule has 0 saturated heterocycles. The van der Waals surface area contributed by atoms with Crippen molar-refractivity contribution >= 4 is 11.6 Å². The van der Waals surface area contributed by atoms with Crippen LogP contribution in [-0.2, 0) is 11.2 Å². The fourth-order valence-corrected chi connectivity index (χ4v) is 2.79. The Morgan fingerprint density at radius 1 is 1.03 bits per heavy atom. The van der Waals surface area contributed by atoms with Gasteiger partial charge in [0.05, 0.1) is 26.0 Å². The molecule has 1 N–H and O–H groups in total. The standard InChI is InChI=1S/C22H25N3O5/c1-4-28-17-10-11-19(29-5-2)18(14-17)23-20(26)12-13-21-24-22(25-30-21)15-6-8-16(27-3)9-7-15/h6-11,14H,4-5,12-13H2,1-3H3,(H,23,26). The molecule has 1 heterocycles. The Morgan fingerprint density at radius 3 is 2.47 bits per heavy atom. The number of nitrogens with one attached hydrogen (secondary N) is 1. The third-order valence-corrected chi connectivity index (χ3v) is 4.22. The zero-order valence-electron chi connectivity index (χ0n) is 17.3. The summed E-state index contributed by atoms with van der Waals surface area (Å²) in [5.41, 5.74) is 1.38.